The number of fused-ring (bicyclic) bond motifs is 7. The highest BCUT2D eigenvalue weighted by molar-refractivity contribution is 7.25. The van der Waals surface area contributed by atoms with E-state index in [2.05, 4.69) is 78.9 Å². The molecule has 0 spiro atoms. The van der Waals surface area contributed by atoms with E-state index >= 15 is 0 Å². The van der Waals surface area contributed by atoms with Crippen LogP contribution in [0.3, 0.4) is 0 Å². The third-order valence-corrected chi connectivity index (χ3v) is 10.8. The van der Waals surface area contributed by atoms with Gasteiger partial charge in [0, 0.05) is 53.2 Å². The third kappa shape index (κ3) is 4.35. The molecule has 0 bridgehead atoms. The SMILES string of the molecule is c1ccc(-c2nc(-c3ccc4c(c3)sc3ccccc34)nc(-c3cccc4oc5ccc(-c6nc7ccccc7s6)cc5c34)n2)cc1. The van der Waals surface area contributed by atoms with E-state index in [-0.39, 0.29) is 0 Å². The zero-order chi connectivity index (χ0) is 30.9. The maximum absolute atomic E-state index is 6.38. The lowest BCUT2D eigenvalue weighted by molar-refractivity contribution is 0.669. The fourth-order valence-corrected chi connectivity index (χ4v) is 8.46. The highest BCUT2D eigenvalue weighted by Gasteiger charge is 2.19. The average Bonchev–Trinajstić information content (AvgIpc) is 3.84. The van der Waals surface area contributed by atoms with Gasteiger partial charge in [-0.2, -0.15) is 0 Å². The minimum absolute atomic E-state index is 0.601. The molecule has 0 fully saturated rings. The van der Waals surface area contributed by atoms with E-state index in [0.29, 0.717) is 17.5 Å². The Balaban J connectivity index is 1.19. The highest BCUT2D eigenvalue weighted by Crippen LogP contribution is 2.40. The molecule has 220 valence electrons. The van der Waals surface area contributed by atoms with Crippen molar-refractivity contribution < 1.29 is 4.42 Å². The number of para-hydroxylation sites is 1. The number of hydrogen-bond donors (Lipinski definition) is 0. The first-order chi connectivity index (χ1) is 23.2. The van der Waals surface area contributed by atoms with Gasteiger partial charge in [0.2, 0.25) is 0 Å². The number of rotatable bonds is 4. The number of thiophene rings is 1. The summed E-state index contributed by atoms with van der Waals surface area (Å²) in [6.45, 7) is 0. The van der Waals surface area contributed by atoms with Crippen LogP contribution in [0.25, 0.3) is 97.1 Å². The van der Waals surface area contributed by atoms with Crippen molar-refractivity contribution in [3.8, 4) is 44.7 Å². The topological polar surface area (TPSA) is 64.7 Å². The Labute approximate surface area is 276 Å². The van der Waals surface area contributed by atoms with E-state index in [0.717, 1.165) is 54.7 Å². The van der Waals surface area contributed by atoms with Crippen LogP contribution in [0.15, 0.2) is 138 Å². The van der Waals surface area contributed by atoms with Gasteiger partial charge in [-0.25, -0.2) is 19.9 Å². The fourth-order valence-electron chi connectivity index (χ4n) is 6.35. The number of thiazole rings is 1. The zero-order valence-electron chi connectivity index (χ0n) is 24.7. The fraction of sp³-hybridized carbons (Fsp3) is 0. The van der Waals surface area contributed by atoms with Crippen LogP contribution >= 0.6 is 22.7 Å². The number of aromatic nitrogens is 4. The van der Waals surface area contributed by atoms with Crippen LogP contribution in [0.1, 0.15) is 0 Å². The molecule has 0 saturated carbocycles. The Bertz CT molecular complexity index is 2780. The van der Waals surface area contributed by atoms with Crippen LogP contribution in [-0.4, -0.2) is 19.9 Å². The second-order valence-corrected chi connectivity index (χ2v) is 13.6. The molecule has 0 atom stereocenters. The summed E-state index contributed by atoms with van der Waals surface area (Å²) in [6.07, 6.45) is 0. The first kappa shape index (κ1) is 26.5. The van der Waals surface area contributed by atoms with Gasteiger partial charge in [0.15, 0.2) is 17.5 Å². The summed E-state index contributed by atoms with van der Waals surface area (Å²) in [7, 11) is 0. The number of benzene rings is 6. The molecule has 0 unspecified atom stereocenters. The summed E-state index contributed by atoms with van der Waals surface area (Å²) < 4.78 is 10.0. The summed E-state index contributed by atoms with van der Waals surface area (Å²) in [5.74, 6) is 1.86. The monoisotopic (exact) mass is 638 g/mol. The van der Waals surface area contributed by atoms with Crippen molar-refractivity contribution in [2.24, 2.45) is 0 Å². The maximum Gasteiger partial charge on any atom is 0.164 e. The van der Waals surface area contributed by atoms with Crippen molar-refractivity contribution in [3.63, 3.8) is 0 Å². The van der Waals surface area contributed by atoms with Gasteiger partial charge in [0.25, 0.3) is 0 Å². The van der Waals surface area contributed by atoms with Gasteiger partial charge in [-0.05, 0) is 48.5 Å². The Hall–Kier alpha value is -5.76. The van der Waals surface area contributed by atoms with E-state index in [1.807, 2.05) is 54.6 Å². The Morgan fingerprint density at radius 1 is 0.426 bits per heavy atom. The molecule has 0 N–H and O–H groups in total. The largest absolute Gasteiger partial charge is 0.456 e. The number of furan rings is 1. The number of hydrogen-bond acceptors (Lipinski definition) is 7. The second kappa shape index (κ2) is 10.4. The van der Waals surface area contributed by atoms with Gasteiger partial charge in [-0.1, -0.05) is 84.9 Å². The van der Waals surface area contributed by atoms with Crippen molar-refractivity contribution in [2.75, 3.05) is 0 Å². The van der Waals surface area contributed by atoms with Gasteiger partial charge in [-0.3, -0.25) is 0 Å². The van der Waals surface area contributed by atoms with Crippen molar-refractivity contribution >= 4 is 75.0 Å². The lowest BCUT2D eigenvalue weighted by Crippen LogP contribution is -2.00. The molecule has 10 aromatic rings. The molecule has 4 heterocycles. The van der Waals surface area contributed by atoms with E-state index < -0.39 is 0 Å². The first-order valence-electron chi connectivity index (χ1n) is 15.3. The van der Waals surface area contributed by atoms with Crippen molar-refractivity contribution in [1.82, 2.24) is 19.9 Å². The van der Waals surface area contributed by atoms with Gasteiger partial charge in [-0.15, -0.1) is 22.7 Å². The van der Waals surface area contributed by atoms with E-state index in [4.69, 9.17) is 24.4 Å². The Morgan fingerprint density at radius 2 is 1.17 bits per heavy atom. The molecule has 6 aromatic carbocycles. The molecule has 0 aliphatic carbocycles. The molecule has 10 rings (SSSR count). The molecule has 5 nitrogen and oxygen atoms in total. The van der Waals surface area contributed by atoms with Crippen molar-refractivity contribution in [3.05, 3.63) is 133 Å². The normalized spacial score (nSPS) is 11.8. The van der Waals surface area contributed by atoms with Crippen LogP contribution in [-0.2, 0) is 0 Å². The van der Waals surface area contributed by atoms with E-state index in [1.165, 1.54) is 24.9 Å². The van der Waals surface area contributed by atoms with Crippen molar-refractivity contribution in [1.29, 1.82) is 0 Å². The molecule has 47 heavy (non-hydrogen) atoms. The summed E-state index contributed by atoms with van der Waals surface area (Å²) in [6, 6.07) is 45.8. The molecule has 0 amide bonds. The van der Waals surface area contributed by atoms with Gasteiger partial charge in [0.1, 0.15) is 16.2 Å². The minimum atomic E-state index is 0.601. The standard InChI is InChI=1S/C40H22N4OS2/c1-2-9-23(10-3-1)37-42-38(24-17-19-27-26-11-4-6-15-33(26)46-35(27)22-24)44-39(43-37)28-12-8-14-32-36(28)29-21-25(18-20-31(29)45-32)40-41-30-13-5-7-16-34(30)47-40/h1-22H. The lowest BCUT2D eigenvalue weighted by Gasteiger charge is -2.09. The third-order valence-electron chi connectivity index (χ3n) is 8.58. The predicted octanol–water partition coefficient (Wildman–Crippen LogP) is 11.4. The van der Waals surface area contributed by atoms with Crippen molar-refractivity contribution in [2.45, 2.75) is 0 Å². The highest BCUT2D eigenvalue weighted by atomic mass is 32.1. The quantitative estimate of drug-likeness (QED) is 0.192. The summed E-state index contributed by atoms with van der Waals surface area (Å²) in [5, 5.41) is 5.46. The minimum Gasteiger partial charge on any atom is -0.456 e. The molecule has 0 aliphatic rings. The van der Waals surface area contributed by atoms with Crippen LogP contribution in [0.2, 0.25) is 0 Å². The first-order valence-corrected chi connectivity index (χ1v) is 16.9. The average molecular weight is 639 g/mol. The summed E-state index contributed by atoms with van der Waals surface area (Å²) in [5.41, 5.74) is 6.43. The van der Waals surface area contributed by atoms with E-state index in [1.54, 1.807) is 22.7 Å². The Kier molecular flexibility index (Phi) is 5.85. The van der Waals surface area contributed by atoms with Gasteiger partial charge >= 0.3 is 0 Å². The Morgan fingerprint density at radius 3 is 2.06 bits per heavy atom. The predicted molar refractivity (Wildman–Crippen MR) is 195 cm³/mol. The smallest absolute Gasteiger partial charge is 0.164 e. The zero-order valence-corrected chi connectivity index (χ0v) is 26.3. The lowest BCUT2D eigenvalue weighted by atomic mass is 10.0. The van der Waals surface area contributed by atoms with Crippen LogP contribution in [0.5, 0.6) is 0 Å². The molecule has 0 aliphatic heterocycles. The molecular weight excluding hydrogens is 617 g/mol. The van der Waals surface area contributed by atoms with Gasteiger partial charge in [0.05, 0.1) is 10.2 Å². The van der Waals surface area contributed by atoms with Crippen LogP contribution in [0, 0.1) is 0 Å². The molecule has 4 aromatic heterocycles. The maximum atomic E-state index is 6.38. The summed E-state index contributed by atoms with van der Waals surface area (Å²) in [4.78, 5) is 20.1. The van der Waals surface area contributed by atoms with Gasteiger partial charge < -0.3 is 4.42 Å². The molecule has 0 radical (unpaired) electrons. The molecule has 7 heteroatoms. The molecular formula is C40H22N4OS2. The molecule has 0 saturated heterocycles. The summed E-state index contributed by atoms with van der Waals surface area (Å²) >= 11 is 3.48. The van der Waals surface area contributed by atoms with Crippen LogP contribution in [0.4, 0.5) is 0 Å². The second-order valence-electron chi connectivity index (χ2n) is 11.5. The van der Waals surface area contributed by atoms with Crippen LogP contribution < -0.4 is 0 Å². The van der Waals surface area contributed by atoms with E-state index in [9.17, 15) is 0 Å². The number of nitrogens with zero attached hydrogens (tertiary/aromatic N) is 4.